The minimum absolute atomic E-state index is 0.0778. The van der Waals surface area contributed by atoms with Crippen molar-refractivity contribution in [3.8, 4) is 0 Å². The summed E-state index contributed by atoms with van der Waals surface area (Å²) in [7, 11) is 0. The summed E-state index contributed by atoms with van der Waals surface area (Å²) in [4.78, 5) is 16.0. The van der Waals surface area contributed by atoms with Gasteiger partial charge in [-0.1, -0.05) is 24.3 Å². The van der Waals surface area contributed by atoms with Crippen LogP contribution < -0.4 is 0 Å². The van der Waals surface area contributed by atoms with E-state index in [2.05, 4.69) is 4.98 Å². The van der Waals surface area contributed by atoms with Crippen molar-refractivity contribution in [3.05, 3.63) is 65.2 Å². The third kappa shape index (κ3) is 1.92. The molecule has 3 rings (SSSR count). The summed E-state index contributed by atoms with van der Waals surface area (Å²) in [5.41, 5.74) is 2.69. The van der Waals surface area contributed by atoms with Gasteiger partial charge in [0.1, 0.15) is 5.82 Å². The number of fused-ring (bicyclic) bond motifs is 1. The second-order valence-corrected chi connectivity index (χ2v) is 4.64. The second-order valence-electron chi connectivity index (χ2n) is 4.64. The van der Waals surface area contributed by atoms with Gasteiger partial charge in [0, 0.05) is 17.7 Å². The third-order valence-electron chi connectivity index (χ3n) is 3.36. The Morgan fingerprint density at radius 2 is 2.11 bits per heavy atom. The van der Waals surface area contributed by atoms with Crippen molar-refractivity contribution < 1.29 is 9.18 Å². The van der Waals surface area contributed by atoms with Gasteiger partial charge in [0.05, 0.1) is 6.20 Å². The molecule has 1 aromatic heterocycles. The van der Waals surface area contributed by atoms with Crippen molar-refractivity contribution >= 4 is 5.78 Å². The zero-order chi connectivity index (χ0) is 12.5. The highest BCUT2D eigenvalue weighted by Crippen LogP contribution is 2.28. The monoisotopic (exact) mass is 241 g/mol. The summed E-state index contributed by atoms with van der Waals surface area (Å²) in [6, 6.07) is 9.11. The van der Waals surface area contributed by atoms with Crippen LogP contribution in [0.25, 0.3) is 0 Å². The highest BCUT2D eigenvalue weighted by Gasteiger charge is 2.29. The molecule has 1 aliphatic rings. The van der Waals surface area contributed by atoms with Crippen molar-refractivity contribution in [2.75, 3.05) is 0 Å². The molecule has 1 aromatic carbocycles. The number of carbonyl (C=O) groups excluding carboxylic acids is 1. The molecule has 18 heavy (non-hydrogen) atoms. The standard InChI is InChI=1S/C15H12FNO/c16-13-6-10(8-17-9-13)5-12-7-11-3-1-2-4-14(11)15(12)18/h1-4,6,8-9,12H,5,7H2. The molecule has 0 fully saturated rings. The number of nitrogens with zero attached hydrogens (tertiary/aromatic N) is 1. The fourth-order valence-electron chi connectivity index (χ4n) is 2.53. The maximum Gasteiger partial charge on any atom is 0.166 e. The second kappa shape index (κ2) is 4.33. The Morgan fingerprint density at radius 3 is 2.89 bits per heavy atom. The van der Waals surface area contributed by atoms with E-state index in [1.807, 2.05) is 24.3 Å². The van der Waals surface area contributed by atoms with Crippen LogP contribution in [0.4, 0.5) is 4.39 Å². The van der Waals surface area contributed by atoms with Gasteiger partial charge in [0.2, 0.25) is 0 Å². The van der Waals surface area contributed by atoms with E-state index in [-0.39, 0.29) is 17.5 Å². The molecule has 0 aliphatic heterocycles. The molecule has 0 amide bonds. The van der Waals surface area contributed by atoms with E-state index in [1.54, 1.807) is 6.20 Å². The van der Waals surface area contributed by atoms with E-state index in [0.29, 0.717) is 6.42 Å². The molecule has 2 aromatic rings. The summed E-state index contributed by atoms with van der Waals surface area (Å²) in [6.07, 6.45) is 4.10. The van der Waals surface area contributed by atoms with Gasteiger partial charge < -0.3 is 0 Å². The molecule has 0 saturated heterocycles. The number of hydrogen-bond donors (Lipinski definition) is 0. The van der Waals surface area contributed by atoms with Gasteiger partial charge in [-0.2, -0.15) is 0 Å². The van der Waals surface area contributed by atoms with Crippen molar-refractivity contribution in [2.24, 2.45) is 5.92 Å². The van der Waals surface area contributed by atoms with E-state index < -0.39 is 0 Å². The minimum atomic E-state index is -0.351. The van der Waals surface area contributed by atoms with E-state index in [9.17, 15) is 9.18 Å². The topological polar surface area (TPSA) is 30.0 Å². The Hall–Kier alpha value is -2.03. The van der Waals surface area contributed by atoms with Gasteiger partial charge in [-0.05, 0) is 30.0 Å². The zero-order valence-corrected chi connectivity index (χ0v) is 9.77. The number of rotatable bonds is 2. The van der Waals surface area contributed by atoms with E-state index in [0.717, 1.165) is 23.1 Å². The number of ketones is 1. The highest BCUT2D eigenvalue weighted by molar-refractivity contribution is 6.02. The van der Waals surface area contributed by atoms with Crippen LogP contribution in [0.5, 0.6) is 0 Å². The van der Waals surface area contributed by atoms with Crippen LogP contribution in [-0.4, -0.2) is 10.8 Å². The Labute approximate surface area is 104 Å². The number of hydrogen-bond acceptors (Lipinski definition) is 2. The molecular formula is C15H12FNO. The van der Waals surface area contributed by atoms with Crippen molar-refractivity contribution in [3.63, 3.8) is 0 Å². The smallest absolute Gasteiger partial charge is 0.166 e. The molecular weight excluding hydrogens is 229 g/mol. The first-order chi connectivity index (χ1) is 8.74. The first kappa shape index (κ1) is 11.1. The van der Waals surface area contributed by atoms with Crippen LogP contribution >= 0.6 is 0 Å². The van der Waals surface area contributed by atoms with E-state index in [4.69, 9.17) is 0 Å². The van der Waals surface area contributed by atoms with Crippen molar-refractivity contribution in [2.45, 2.75) is 12.8 Å². The molecule has 1 aliphatic carbocycles. The Kier molecular flexibility index (Phi) is 2.67. The van der Waals surface area contributed by atoms with Crippen molar-refractivity contribution in [1.82, 2.24) is 4.98 Å². The Bertz CT molecular complexity index is 609. The summed E-state index contributed by atoms with van der Waals surface area (Å²) >= 11 is 0. The SMILES string of the molecule is O=C1c2ccccc2CC1Cc1cncc(F)c1. The molecule has 1 atom stereocenters. The molecule has 3 heteroatoms. The summed E-state index contributed by atoms with van der Waals surface area (Å²) in [5.74, 6) is -0.267. The van der Waals surface area contributed by atoms with Crippen LogP contribution in [0.1, 0.15) is 21.5 Å². The zero-order valence-electron chi connectivity index (χ0n) is 9.77. The molecule has 0 radical (unpaired) electrons. The van der Waals surface area contributed by atoms with Crippen LogP contribution in [0, 0.1) is 11.7 Å². The van der Waals surface area contributed by atoms with E-state index in [1.165, 1.54) is 12.3 Å². The van der Waals surface area contributed by atoms with E-state index >= 15 is 0 Å². The minimum Gasteiger partial charge on any atom is -0.294 e. The molecule has 1 unspecified atom stereocenters. The molecule has 2 nitrogen and oxygen atoms in total. The van der Waals surface area contributed by atoms with Gasteiger partial charge in [-0.3, -0.25) is 9.78 Å². The molecule has 0 bridgehead atoms. The number of aromatic nitrogens is 1. The highest BCUT2D eigenvalue weighted by atomic mass is 19.1. The van der Waals surface area contributed by atoms with Gasteiger partial charge in [-0.15, -0.1) is 0 Å². The predicted molar refractivity (Wildman–Crippen MR) is 65.9 cm³/mol. The maximum absolute atomic E-state index is 13.1. The summed E-state index contributed by atoms with van der Waals surface area (Å²) in [6.45, 7) is 0. The fraction of sp³-hybridized carbons (Fsp3) is 0.200. The van der Waals surface area contributed by atoms with Crippen LogP contribution in [0.3, 0.4) is 0 Å². The lowest BCUT2D eigenvalue weighted by Gasteiger charge is -2.07. The number of halogens is 1. The Balaban J connectivity index is 1.83. The summed E-state index contributed by atoms with van der Waals surface area (Å²) < 4.78 is 13.1. The lowest BCUT2D eigenvalue weighted by atomic mass is 9.97. The van der Waals surface area contributed by atoms with Crippen LogP contribution in [0.2, 0.25) is 0 Å². The average molecular weight is 241 g/mol. The van der Waals surface area contributed by atoms with Crippen molar-refractivity contribution in [1.29, 1.82) is 0 Å². The maximum atomic E-state index is 13.1. The van der Waals surface area contributed by atoms with Gasteiger partial charge >= 0.3 is 0 Å². The molecule has 0 N–H and O–H groups in total. The lowest BCUT2D eigenvalue weighted by molar-refractivity contribution is 0.0936. The summed E-state index contributed by atoms with van der Waals surface area (Å²) in [5, 5.41) is 0. The van der Waals surface area contributed by atoms with Gasteiger partial charge in [0.15, 0.2) is 5.78 Å². The molecule has 0 spiro atoms. The first-order valence-corrected chi connectivity index (χ1v) is 5.95. The number of Topliss-reactive ketones (excluding diaryl/α,β-unsaturated/α-hetero) is 1. The van der Waals surface area contributed by atoms with Crippen LogP contribution in [0.15, 0.2) is 42.7 Å². The molecule has 90 valence electrons. The Morgan fingerprint density at radius 1 is 1.28 bits per heavy atom. The normalized spacial score (nSPS) is 17.8. The average Bonchev–Trinajstić information content (AvgIpc) is 2.67. The molecule has 0 saturated carbocycles. The predicted octanol–water partition coefficient (Wildman–Crippen LogP) is 2.82. The lowest BCUT2D eigenvalue weighted by Crippen LogP contribution is -2.12. The number of pyridine rings is 1. The van der Waals surface area contributed by atoms with Gasteiger partial charge in [-0.25, -0.2) is 4.39 Å². The third-order valence-corrected chi connectivity index (χ3v) is 3.36. The number of benzene rings is 1. The van der Waals surface area contributed by atoms with Crippen LogP contribution in [-0.2, 0) is 12.8 Å². The van der Waals surface area contributed by atoms with Gasteiger partial charge in [0.25, 0.3) is 0 Å². The number of carbonyl (C=O) groups is 1. The first-order valence-electron chi connectivity index (χ1n) is 5.95. The quantitative estimate of drug-likeness (QED) is 0.809. The largest absolute Gasteiger partial charge is 0.294 e. The fourth-order valence-corrected chi connectivity index (χ4v) is 2.53. The molecule has 1 heterocycles.